The van der Waals surface area contributed by atoms with Crippen LogP contribution in [0.1, 0.15) is 64.8 Å². The number of hydroxylamine groups is 1. The minimum Gasteiger partial charge on any atom is -0.360 e. The predicted molar refractivity (Wildman–Crippen MR) is 92.5 cm³/mol. The van der Waals surface area contributed by atoms with E-state index in [0.29, 0.717) is 18.7 Å². The lowest BCUT2D eigenvalue weighted by atomic mass is 9.91. The van der Waals surface area contributed by atoms with Crippen LogP contribution in [-0.2, 0) is 14.4 Å². The van der Waals surface area contributed by atoms with E-state index in [2.05, 4.69) is 10.6 Å². The van der Waals surface area contributed by atoms with Gasteiger partial charge in [-0.25, -0.2) is 5.48 Å². The Morgan fingerprint density at radius 1 is 1.40 bits per heavy atom. The summed E-state index contributed by atoms with van der Waals surface area (Å²) < 4.78 is 5.33. The molecule has 1 saturated heterocycles. The van der Waals surface area contributed by atoms with E-state index in [0.717, 1.165) is 12.1 Å². The SMILES string of the molecule is Cc1cc(C(C(=O)N2CCCC2C(=O)NOC(C)(C)C)C(C)C)on1. The second-order valence-corrected chi connectivity index (χ2v) is 7.96. The molecule has 1 aliphatic heterocycles. The summed E-state index contributed by atoms with van der Waals surface area (Å²) in [6.07, 6.45) is 1.42. The van der Waals surface area contributed by atoms with Crippen LogP contribution in [0.15, 0.2) is 10.6 Å². The number of carbonyl (C=O) groups is 2. The highest BCUT2D eigenvalue weighted by Crippen LogP contribution is 2.30. The molecule has 1 fully saturated rings. The van der Waals surface area contributed by atoms with Crippen LogP contribution in [0, 0.1) is 12.8 Å². The van der Waals surface area contributed by atoms with Crippen LogP contribution in [-0.4, -0.2) is 40.1 Å². The third kappa shape index (κ3) is 4.81. The number of nitrogens with zero attached hydrogens (tertiary/aromatic N) is 2. The maximum Gasteiger partial charge on any atom is 0.266 e. The van der Waals surface area contributed by atoms with Gasteiger partial charge in [-0.05, 0) is 46.5 Å². The first-order valence-electron chi connectivity index (χ1n) is 8.81. The maximum atomic E-state index is 13.1. The third-order valence-corrected chi connectivity index (χ3v) is 4.18. The number of nitrogens with one attached hydrogen (secondary N) is 1. The van der Waals surface area contributed by atoms with Crippen molar-refractivity contribution in [3.8, 4) is 0 Å². The van der Waals surface area contributed by atoms with E-state index in [4.69, 9.17) is 9.36 Å². The summed E-state index contributed by atoms with van der Waals surface area (Å²) in [6.45, 7) is 11.9. The molecule has 0 aromatic carbocycles. The zero-order valence-electron chi connectivity index (χ0n) is 16.0. The number of carbonyl (C=O) groups excluding carboxylic acids is 2. The van der Waals surface area contributed by atoms with Gasteiger partial charge in [-0.2, -0.15) is 0 Å². The molecule has 1 N–H and O–H groups in total. The molecule has 0 radical (unpaired) electrons. The molecule has 7 nitrogen and oxygen atoms in total. The molecule has 0 aliphatic carbocycles. The zero-order valence-corrected chi connectivity index (χ0v) is 16.0. The largest absolute Gasteiger partial charge is 0.360 e. The quantitative estimate of drug-likeness (QED) is 0.824. The minimum atomic E-state index is -0.514. The van der Waals surface area contributed by atoms with E-state index >= 15 is 0 Å². The summed E-state index contributed by atoms with van der Waals surface area (Å²) in [7, 11) is 0. The fourth-order valence-corrected chi connectivity index (χ4v) is 3.02. The van der Waals surface area contributed by atoms with Gasteiger partial charge in [0, 0.05) is 12.6 Å². The number of hydrogen-bond acceptors (Lipinski definition) is 5. The summed E-state index contributed by atoms with van der Waals surface area (Å²) >= 11 is 0. The second kappa shape index (κ2) is 7.56. The molecule has 0 bridgehead atoms. The fourth-order valence-electron chi connectivity index (χ4n) is 3.02. The van der Waals surface area contributed by atoms with Crippen molar-refractivity contribution in [1.29, 1.82) is 0 Å². The standard InChI is InChI=1S/C18H29N3O4/c1-11(2)15(14-10-12(3)19-24-14)17(23)21-9-7-8-13(21)16(22)20-25-18(4,5)6/h10-11,13,15H,7-9H2,1-6H3,(H,20,22). The molecule has 2 rings (SSSR count). The van der Waals surface area contributed by atoms with Gasteiger partial charge in [0.2, 0.25) is 5.91 Å². The Bertz CT molecular complexity index is 618. The lowest BCUT2D eigenvalue weighted by Gasteiger charge is -2.29. The predicted octanol–water partition coefficient (Wildman–Crippen LogP) is 2.56. The van der Waals surface area contributed by atoms with Crippen molar-refractivity contribution in [1.82, 2.24) is 15.5 Å². The average molecular weight is 351 g/mol. The first kappa shape index (κ1) is 19.4. The van der Waals surface area contributed by atoms with E-state index in [1.807, 2.05) is 41.5 Å². The molecule has 7 heteroatoms. The molecule has 0 spiro atoms. The molecule has 1 aromatic heterocycles. The van der Waals surface area contributed by atoms with Crippen molar-refractivity contribution in [2.45, 2.75) is 71.9 Å². The highest BCUT2D eigenvalue weighted by Gasteiger charge is 2.40. The van der Waals surface area contributed by atoms with E-state index in [1.165, 1.54) is 0 Å². The maximum absolute atomic E-state index is 13.1. The molecule has 2 atom stereocenters. The topological polar surface area (TPSA) is 84.7 Å². The van der Waals surface area contributed by atoms with Crippen molar-refractivity contribution in [2.24, 2.45) is 5.92 Å². The van der Waals surface area contributed by atoms with Crippen LogP contribution < -0.4 is 5.48 Å². The van der Waals surface area contributed by atoms with Crippen LogP contribution in [0.25, 0.3) is 0 Å². The van der Waals surface area contributed by atoms with Crippen LogP contribution in [0.3, 0.4) is 0 Å². The van der Waals surface area contributed by atoms with Crippen molar-refractivity contribution < 1.29 is 18.9 Å². The molecule has 1 aliphatic rings. The number of likely N-dealkylation sites (tertiary alicyclic amines) is 1. The van der Waals surface area contributed by atoms with Crippen molar-refractivity contribution in [2.75, 3.05) is 6.54 Å². The number of amides is 2. The van der Waals surface area contributed by atoms with Gasteiger partial charge in [0.15, 0.2) is 0 Å². The minimum absolute atomic E-state index is 0.0370. The number of hydrogen-bond donors (Lipinski definition) is 1. The van der Waals surface area contributed by atoms with Crippen LogP contribution >= 0.6 is 0 Å². The highest BCUT2D eigenvalue weighted by atomic mass is 16.7. The zero-order chi connectivity index (χ0) is 18.8. The van der Waals surface area contributed by atoms with Crippen molar-refractivity contribution in [3.05, 3.63) is 17.5 Å². The summed E-state index contributed by atoms with van der Waals surface area (Å²) in [5, 5.41) is 3.89. The van der Waals surface area contributed by atoms with Gasteiger partial charge < -0.3 is 9.42 Å². The van der Waals surface area contributed by atoms with Crippen LogP contribution in [0.5, 0.6) is 0 Å². The molecule has 2 heterocycles. The van der Waals surface area contributed by atoms with Crippen LogP contribution in [0.2, 0.25) is 0 Å². The molecular formula is C18H29N3O4. The van der Waals surface area contributed by atoms with E-state index in [1.54, 1.807) is 11.0 Å². The fraction of sp³-hybridized carbons (Fsp3) is 0.722. The monoisotopic (exact) mass is 351 g/mol. The Morgan fingerprint density at radius 3 is 2.60 bits per heavy atom. The lowest BCUT2D eigenvalue weighted by Crippen LogP contribution is -2.49. The van der Waals surface area contributed by atoms with E-state index in [9.17, 15) is 9.59 Å². The van der Waals surface area contributed by atoms with Gasteiger partial charge in [0.05, 0.1) is 11.3 Å². The Labute approximate surface area is 149 Å². The second-order valence-electron chi connectivity index (χ2n) is 7.96. The summed E-state index contributed by atoms with van der Waals surface area (Å²) in [6, 6.07) is 1.27. The number of rotatable bonds is 5. The normalized spacial score (nSPS) is 19.3. The molecule has 140 valence electrons. The Morgan fingerprint density at radius 2 is 2.08 bits per heavy atom. The van der Waals surface area contributed by atoms with E-state index in [-0.39, 0.29) is 17.7 Å². The molecule has 2 amide bonds. The number of aryl methyl sites for hydroxylation is 1. The Balaban J connectivity index is 2.14. The van der Waals surface area contributed by atoms with Gasteiger partial charge in [-0.1, -0.05) is 19.0 Å². The third-order valence-electron chi connectivity index (χ3n) is 4.18. The average Bonchev–Trinajstić information content (AvgIpc) is 3.13. The van der Waals surface area contributed by atoms with Crippen molar-refractivity contribution in [3.63, 3.8) is 0 Å². The Kier molecular flexibility index (Phi) is 5.87. The van der Waals surface area contributed by atoms with Gasteiger partial charge in [-0.3, -0.25) is 14.4 Å². The highest BCUT2D eigenvalue weighted by molar-refractivity contribution is 5.90. The summed E-state index contributed by atoms with van der Waals surface area (Å²) in [4.78, 5) is 32.6. The Hall–Kier alpha value is -1.89. The van der Waals surface area contributed by atoms with Gasteiger partial charge in [0.1, 0.15) is 17.7 Å². The van der Waals surface area contributed by atoms with Gasteiger partial charge >= 0.3 is 0 Å². The molecule has 0 saturated carbocycles. The summed E-state index contributed by atoms with van der Waals surface area (Å²) in [5.41, 5.74) is 2.75. The first-order chi connectivity index (χ1) is 11.6. The van der Waals surface area contributed by atoms with Crippen molar-refractivity contribution >= 4 is 11.8 Å². The lowest BCUT2D eigenvalue weighted by molar-refractivity contribution is -0.154. The molecular weight excluding hydrogens is 322 g/mol. The molecule has 2 unspecified atom stereocenters. The first-order valence-corrected chi connectivity index (χ1v) is 8.81. The molecule has 1 aromatic rings. The summed E-state index contributed by atoms with van der Waals surface area (Å²) in [5.74, 6) is -0.237. The smallest absolute Gasteiger partial charge is 0.266 e. The number of aromatic nitrogens is 1. The van der Waals surface area contributed by atoms with Crippen LogP contribution in [0.4, 0.5) is 0 Å². The van der Waals surface area contributed by atoms with Gasteiger partial charge in [0.25, 0.3) is 5.91 Å². The molecule has 25 heavy (non-hydrogen) atoms. The van der Waals surface area contributed by atoms with E-state index < -0.39 is 17.6 Å². The van der Waals surface area contributed by atoms with Gasteiger partial charge in [-0.15, -0.1) is 0 Å².